The highest BCUT2D eigenvalue weighted by Crippen LogP contribution is 2.34. The van der Waals surface area contributed by atoms with Crippen LogP contribution in [-0.2, 0) is 4.74 Å². The molecule has 0 saturated carbocycles. The summed E-state index contributed by atoms with van der Waals surface area (Å²) < 4.78 is 4.88. The maximum absolute atomic E-state index is 12.1. The number of carbonyl (C=O) groups is 1. The van der Waals surface area contributed by atoms with Crippen molar-refractivity contribution in [2.24, 2.45) is 5.41 Å². The number of hydrogen-bond donors (Lipinski definition) is 0. The van der Waals surface area contributed by atoms with Gasteiger partial charge in [0.05, 0.1) is 23.8 Å². The molecule has 8 nitrogen and oxygen atoms in total. The number of piperazine rings is 1. The molecule has 1 aromatic rings. The lowest BCUT2D eigenvalue weighted by Gasteiger charge is -2.47. The smallest absolute Gasteiger partial charge is 0.409 e. The predicted octanol–water partition coefficient (Wildman–Crippen LogP) is 2.77. The molecule has 1 saturated heterocycles. The van der Waals surface area contributed by atoms with E-state index >= 15 is 0 Å². The monoisotopic (exact) mass is 346 g/mol. The third-order valence-electron chi connectivity index (χ3n) is 4.46. The number of rotatable bonds is 2. The van der Waals surface area contributed by atoms with E-state index in [1.54, 1.807) is 17.0 Å². The molecule has 1 atom stereocenters. The summed E-state index contributed by atoms with van der Waals surface area (Å²) in [6.07, 6.45) is -0.390. The van der Waals surface area contributed by atoms with E-state index in [0.717, 1.165) is 0 Å². The van der Waals surface area contributed by atoms with E-state index < -0.39 is 4.92 Å². The summed E-state index contributed by atoms with van der Waals surface area (Å²) in [6, 6.07) is 6.41. The first-order valence-electron chi connectivity index (χ1n) is 7.97. The summed E-state index contributed by atoms with van der Waals surface area (Å²) >= 11 is 0. The van der Waals surface area contributed by atoms with Crippen LogP contribution in [-0.4, -0.2) is 48.7 Å². The molecule has 1 aliphatic heterocycles. The Kier molecular flexibility index (Phi) is 5.16. The highest BCUT2D eigenvalue weighted by Gasteiger charge is 2.39. The topological polar surface area (TPSA) is 99.7 Å². The summed E-state index contributed by atoms with van der Waals surface area (Å²) in [5.74, 6) is 0. The summed E-state index contributed by atoms with van der Waals surface area (Å²) in [7, 11) is 1.35. The van der Waals surface area contributed by atoms with Crippen LogP contribution in [0.4, 0.5) is 16.2 Å². The van der Waals surface area contributed by atoms with E-state index in [9.17, 15) is 20.2 Å². The Bertz CT molecular complexity index is 720. The number of ether oxygens (including phenoxy) is 1. The van der Waals surface area contributed by atoms with Gasteiger partial charge < -0.3 is 14.5 Å². The van der Waals surface area contributed by atoms with Crippen molar-refractivity contribution in [2.75, 3.05) is 31.6 Å². The fraction of sp³-hybridized carbons (Fsp3) is 0.529. The van der Waals surface area contributed by atoms with Gasteiger partial charge in [-0.1, -0.05) is 26.8 Å². The second kappa shape index (κ2) is 6.97. The van der Waals surface area contributed by atoms with Crippen LogP contribution >= 0.6 is 0 Å². The molecule has 0 bridgehead atoms. The van der Waals surface area contributed by atoms with E-state index in [-0.39, 0.29) is 28.8 Å². The van der Waals surface area contributed by atoms with E-state index in [4.69, 9.17) is 4.74 Å². The zero-order valence-electron chi connectivity index (χ0n) is 14.9. The van der Waals surface area contributed by atoms with Crippen molar-refractivity contribution in [2.45, 2.75) is 26.8 Å². The van der Waals surface area contributed by atoms with Crippen LogP contribution in [0, 0.1) is 26.9 Å². The lowest BCUT2D eigenvalue weighted by Crippen LogP contribution is -2.59. The molecular weight excluding hydrogens is 324 g/mol. The largest absolute Gasteiger partial charge is 0.453 e. The standard InChI is InChI=1S/C17H22N4O4/c1-17(2,3)15-11-19(8-9-20(15)16(22)25-4)13-6-5-7-14(21(23)24)12(13)10-18/h5-7,15H,8-9,11H2,1-4H3. The van der Waals surface area contributed by atoms with Gasteiger partial charge >= 0.3 is 6.09 Å². The van der Waals surface area contributed by atoms with Gasteiger partial charge in [-0.2, -0.15) is 5.26 Å². The van der Waals surface area contributed by atoms with Gasteiger partial charge in [-0.25, -0.2) is 4.79 Å². The number of hydrogen-bond acceptors (Lipinski definition) is 6. The highest BCUT2D eigenvalue weighted by molar-refractivity contribution is 5.71. The Morgan fingerprint density at radius 2 is 2.08 bits per heavy atom. The number of amides is 1. The number of anilines is 1. The van der Waals surface area contributed by atoms with Gasteiger partial charge in [-0.3, -0.25) is 10.1 Å². The lowest BCUT2D eigenvalue weighted by molar-refractivity contribution is -0.385. The molecule has 1 aliphatic rings. The number of carbonyl (C=O) groups excluding carboxylic acids is 1. The van der Waals surface area contributed by atoms with Gasteiger partial charge in [0.1, 0.15) is 6.07 Å². The molecule has 1 amide bonds. The van der Waals surface area contributed by atoms with Gasteiger partial charge in [0.2, 0.25) is 0 Å². The number of nitriles is 1. The van der Waals surface area contributed by atoms with Crippen molar-refractivity contribution < 1.29 is 14.5 Å². The third kappa shape index (κ3) is 3.65. The molecule has 0 aromatic heterocycles. The van der Waals surface area contributed by atoms with E-state index in [1.165, 1.54) is 13.2 Å². The van der Waals surface area contributed by atoms with Gasteiger partial charge in [-0.05, 0) is 11.5 Å². The zero-order chi connectivity index (χ0) is 18.8. The van der Waals surface area contributed by atoms with Crippen LogP contribution in [0.3, 0.4) is 0 Å². The Morgan fingerprint density at radius 3 is 2.60 bits per heavy atom. The number of nitro benzene ring substituents is 1. The second-order valence-corrected chi connectivity index (χ2v) is 7.03. The fourth-order valence-electron chi connectivity index (χ4n) is 3.14. The first-order valence-corrected chi connectivity index (χ1v) is 7.97. The molecule has 0 radical (unpaired) electrons. The molecule has 0 spiro atoms. The predicted molar refractivity (Wildman–Crippen MR) is 92.4 cm³/mol. The minimum Gasteiger partial charge on any atom is -0.453 e. The Labute approximate surface area is 146 Å². The molecule has 1 fully saturated rings. The van der Waals surface area contributed by atoms with Crippen LogP contribution in [0.25, 0.3) is 0 Å². The van der Waals surface area contributed by atoms with Crippen molar-refractivity contribution in [1.82, 2.24) is 4.90 Å². The molecule has 1 unspecified atom stereocenters. The maximum atomic E-state index is 12.1. The summed E-state index contributed by atoms with van der Waals surface area (Å²) in [4.78, 5) is 26.3. The molecular formula is C17H22N4O4. The Hall–Kier alpha value is -2.82. The molecule has 2 rings (SSSR count). The molecule has 134 valence electrons. The summed E-state index contributed by atoms with van der Waals surface area (Å²) in [5.41, 5.74) is 0.144. The van der Waals surface area contributed by atoms with Crippen LogP contribution < -0.4 is 4.90 Å². The Morgan fingerprint density at radius 1 is 1.40 bits per heavy atom. The van der Waals surface area contributed by atoms with Crippen LogP contribution in [0.5, 0.6) is 0 Å². The maximum Gasteiger partial charge on any atom is 0.409 e. The van der Waals surface area contributed by atoms with E-state index in [0.29, 0.717) is 25.3 Å². The average Bonchev–Trinajstić information content (AvgIpc) is 2.58. The van der Waals surface area contributed by atoms with Crippen molar-refractivity contribution in [3.63, 3.8) is 0 Å². The third-order valence-corrected chi connectivity index (χ3v) is 4.46. The van der Waals surface area contributed by atoms with Crippen LogP contribution in [0.1, 0.15) is 26.3 Å². The minimum absolute atomic E-state index is 0.0478. The minimum atomic E-state index is -0.548. The number of benzene rings is 1. The molecule has 1 heterocycles. The van der Waals surface area contributed by atoms with Crippen LogP contribution in [0.15, 0.2) is 18.2 Å². The summed E-state index contributed by atoms with van der Waals surface area (Å²) in [6.45, 7) is 7.43. The number of methoxy groups -OCH3 is 1. The Balaban J connectivity index is 2.41. The lowest BCUT2D eigenvalue weighted by atomic mass is 9.84. The highest BCUT2D eigenvalue weighted by atomic mass is 16.6. The number of nitrogens with zero attached hydrogens (tertiary/aromatic N) is 4. The molecule has 0 N–H and O–H groups in total. The molecule has 0 aliphatic carbocycles. The van der Waals surface area contributed by atoms with Crippen LogP contribution in [0.2, 0.25) is 0 Å². The van der Waals surface area contributed by atoms with Crippen molar-refractivity contribution >= 4 is 17.5 Å². The quantitative estimate of drug-likeness (QED) is 0.603. The van der Waals surface area contributed by atoms with Crippen molar-refractivity contribution in [1.29, 1.82) is 5.26 Å². The first-order chi connectivity index (χ1) is 11.7. The van der Waals surface area contributed by atoms with Gasteiger partial charge in [-0.15, -0.1) is 0 Å². The molecule has 1 aromatic carbocycles. The van der Waals surface area contributed by atoms with Gasteiger partial charge in [0.15, 0.2) is 5.56 Å². The van der Waals surface area contributed by atoms with E-state index in [1.807, 2.05) is 31.7 Å². The van der Waals surface area contributed by atoms with Gasteiger partial charge in [0.25, 0.3) is 5.69 Å². The molecule has 8 heteroatoms. The normalized spacial score (nSPS) is 17.8. The number of nitro groups is 1. The van der Waals surface area contributed by atoms with Crippen molar-refractivity contribution in [3.05, 3.63) is 33.9 Å². The average molecular weight is 346 g/mol. The first kappa shape index (κ1) is 18.5. The van der Waals surface area contributed by atoms with Gasteiger partial charge in [0, 0.05) is 25.7 Å². The fourth-order valence-corrected chi connectivity index (χ4v) is 3.14. The summed E-state index contributed by atoms with van der Waals surface area (Å²) in [5, 5.41) is 20.6. The van der Waals surface area contributed by atoms with Crippen molar-refractivity contribution in [3.8, 4) is 6.07 Å². The molecule has 25 heavy (non-hydrogen) atoms. The second-order valence-electron chi connectivity index (χ2n) is 7.03. The SMILES string of the molecule is COC(=O)N1CCN(c2cccc([N+](=O)[O-])c2C#N)CC1C(C)(C)C. The zero-order valence-corrected chi connectivity index (χ0v) is 14.9. The van der Waals surface area contributed by atoms with E-state index in [2.05, 4.69) is 0 Å².